The van der Waals surface area contributed by atoms with Crippen LogP contribution in [0.3, 0.4) is 0 Å². The van der Waals surface area contributed by atoms with E-state index < -0.39 is 0 Å². The number of rotatable bonds is 6. The first-order valence-corrected chi connectivity index (χ1v) is 10.3. The van der Waals surface area contributed by atoms with Gasteiger partial charge in [-0.2, -0.15) is 0 Å². The number of aromatic amines is 1. The van der Waals surface area contributed by atoms with Crippen molar-refractivity contribution in [3.8, 4) is 0 Å². The summed E-state index contributed by atoms with van der Waals surface area (Å²) in [6.45, 7) is 3.15. The lowest BCUT2D eigenvalue weighted by Crippen LogP contribution is -2.43. The monoisotopic (exact) mass is 525 g/mol. The van der Waals surface area contributed by atoms with Gasteiger partial charge in [-0.1, -0.05) is 12.8 Å². The maximum Gasteiger partial charge on any atom is 0.191 e. The van der Waals surface area contributed by atoms with E-state index >= 15 is 0 Å². The largest absolute Gasteiger partial charge is 0.361 e. The van der Waals surface area contributed by atoms with Gasteiger partial charge in [-0.3, -0.25) is 0 Å². The fourth-order valence-corrected chi connectivity index (χ4v) is 3.84. The van der Waals surface area contributed by atoms with E-state index in [0.29, 0.717) is 12.6 Å². The van der Waals surface area contributed by atoms with Crippen molar-refractivity contribution in [3.05, 3.63) is 47.4 Å². The van der Waals surface area contributed by atoms with Gasteiger partial charge in [0, 0.05) is 36.7 Å². The zero-order valence-corrected chi connectivity index (χ0v) is 19.7. The van der Waals surface area contributed by atoms with Gasteiger partial charge in [-0.15, -0.1) is 34.2 Å². The maximum atomic E-state index is 13.4. The molecule has 1 fully saturated rings. The van der Waals surface area contributed by atoms with E-state index in [2.05, 4.69) is 25.8 Å². The Kier molecular flexibility index (Phi) is 7.68. The number of halogens is 2. The van der Waals surface area contributed by atoms with Crippen molar-refractivity contribution in [3.63, 3.8) is 0 Å². The molecule has 2 aromatic heterocycles. The lowest BCUT2D eigenvalue weighted by atomic mass is 10.1. The highest BCUT2D eigenvalue weighted by molar-refractivity contribution is 14.0. The highest BCUT2D eigenvalue weighted by Gasteiger charge is 2.16. The molecule has 1 aliphatic rings. The van der Waals surface area contributed by atoms with E-state index in [1.807, 2.05) is 30.8 Å². The first kappa shape index (κ1) is 22.5. The highest BCUT2D eigenvalue weighted by Crippen LogP contribution is 2.20. The van der Waals surface area contributed by atoms with Crippen LogP contribution in [0.5, 0.6) is 0 Å². The fourth-order valence-electron chi connectivity index (χ4n) is 3.84. The second-order valence-electron chi connectivity index (χ2n) is 7.69. The Labute approximate surface area is 193 Å². The quantitative estimate of drug-likeness (QED) is 0.261. The van der Waals surface area contributed by atoms with E-state index in [9.17, 15) is 4.39 Å². The number of hydrogen-bond acceptors (Lipinski definition) is 3. The van der Waals surface area contributed by atoms with E-state index in [1.54, 1.807) is 0 Å². The molecular formula is C21H29FIN7. The van der Waals surface area contributed by atoms with Crippen molar-refractivity contribution in [1.82, 2.24) is 30.4 Å². The molecule has 0 unspecified atom stereocenters. The summed E-state index contributed by atoms with van der Waals surface area (Å²) in [5.74, 6) is 2.31. The van der Waals surface area contributed by atoms with Gasteiger partial charge in [0.1, 0.15) is 18.2 Å². The Morgan fingerprint density at radius 1 is 1.30 bits per heavy atom. The van der Waals surface area contributed by atoms with Gasteiger partial charge in [-0.25, -0.2) is 9.38 Å². The van der Waals surface area contributed by atoms with Gasteiger partial charge in [-0.05, 0) is 49.9 Å². The molecule has 4 rings (SSSR count). The maximum absolute atomic E-state index is 13.4. The molecule has 0 atom stereocenters. The van der Waals surface area contributed by atoms with Crippen LogP contribution in [-0.4, -0.2) is 38.3 Å². The van der Waals surface area contributed by atoms with Crippen LogP contribution in [-0.2, 0) is 20.0 Å². The molecule has 0 amide bonds. The van der Waals surface area contributed by atoms with Gasteiger partial charge in [0.2, 0.25) is 0 Å². The standard InChI is InChI=1S/C21H28FN7.HI/c1-14-27-28-20(29(14)2)13-25-21(26-17-5-3-4-6-17)23-10-9-15-12-24-19-11-16(22)7-8-18(15)19;/h7-8,11-12,17,24H,3-6,9-10,13H2,1-2H3,(H2,23,25,26);1H. The van der Waals surface area contributed by atoms with Crippen LogP contribution in [0, 0.1) is 12.7 Å². The van der Waals surface area contributed by atoms with Crippen LogP contribution in [0.15, 0.2) is 29.4 Å². The fraction of sp³-hybridized carbons (Fsp3) is 0.476. The summed E-state index contributed by atoms with van der Waals surface area (Å²) in [6, 6.07) is 5.34. The molecule has 30 heavy (non-hydrogen) atoms. The summed E-state index contributed by atoms with van der Waals surface area (Å²) in [7, 11) is 1.96. The van der Waals surface area contributed by atoms with Crippen molar-refractivity contribution in [1.29, 1.82) is 0 Å². The van der Waals surface area contributed by atoms with Crippen molar-refractivity contribution < 1.29 is 4.39 Å². The molecule has 1 aliphatic carbocycles. The van der Waals surface area contributed by atoms with E-state index in [0.717, 1.165) is 47.0 Å². The molecule has 0 saturated heterocycles. The predicted molar refractivity (Wildman–Crippen MR) is 128 cm³/mol. The van der Waals surface area contributed by atoms with Crippen molar-refractivity contribution in [2.45, 2.75) is 51.6 Å². The summed E-state index contributed by atoms with van der Waals surface area (Å²) in [4.78, 5) is 7.89. The molecule has 0 spiro atoms. The Morgan fingerprint density at radius 2 is 2.10 bits per heavy atom. The number of aryl methyl sites for hydroxylation is 1. The third kappa shape index (κ3) is 5.30. The first-order chi connectivity index (χ1) is 14.1. The van der Waals surface area contributed by atoms with Gasteiger partial charge >= 0.3 is 0 Å². The van der Waals surface area contributed by atoms with Crippen molar-refractivity contribution in [2.24, 2.45) is 12.0 Å². The number of nitrogens with one attached hydrogen (secondary N) is 3. The van der Waals surface area contributed by atoms with Gasteiger partial charge < -0.3 is 20.2 Å². The number of nitrogens with zero attached hydrogens (tertiary/aromatic N) is 4. The smallest absolute Gasteiger partial charge is 0.191 e. The molecule has 1 saturated carbocycles. The highest BCUT2D eigenvalue weighted by atomic mass is 127. The number of benzene rings is 1. The van der Waals surface area contributed by atoms with Crippen LogP contribution in [0.4, 0.5) is 4.39 Å². The molecule has 0 bridgehead atoms. The summed E-state index contributed by atoms with van der Waals surface area (Å²) in [5, 5.41) is 16.4. The average molecular weight is 525 g/mol. The van der Waals surface area contributed by atoms with Gasteiger partial charge in [0.15, 0.2) is 11.8 Å². The number of fused-ring (bicyclic) bond motifs is 1. The van der Waals surface area contributed by atoms with Gasteiger partial charge in [0.25, 0.3) is 0 Å². The minimum atomic E-state index is -0.224. The zero-order chi connectivity index (χ0) is 20.2. The number of H-pyrrole nitrogens is 1. The van der Waals surface area contributed by atoms with Gasteiger partial charge in [0.05, 0.1) is 0 Å². The minimum absolute atomic E-state index is 0. The summed E-state index contributed by atoms with van der Waals surface area (Å²) in [5.41, 5.74) is 1.99. The molecule has 162 valence electrons. The number of hydrogen-bond donors (Lipinski definition) is 3. The lowest BCUT2D eigenvalue weighted by Gasteiger charge is -2.17. The molecule has 0 radical (unpaired) electrons. The van der Waals surface area contributed by atoms with E-state index in [4.69, 9.17) is 4.99 Å². The number of aliphatic imine (C=N–C) groups is 1. The number of aromatic nitrogens is 4. The predicted octanol–water partition coefficient (Wildman–Crippen LogP) is 3.58. The van der Waals surface area contributed by atoms with Crippen LogP contribution < -0.4 is 10.6 Å². The minimum Gasteiger partial charge on any atom is -0.361 e. The molecule has 7 nitrogen and oxygen atoms in total. The lowest BCUT2D eigenvalue weighted by molar-refractivity contribution is 0.610. The Hall–Kier alpha value is -2.17. The normalized spacial score (nSPS) is 14.8. The SMILES string of the molecule is Cc1nnc(CN=C(NCCc2c[nH]c3cc(F)ccc23)NC2CCCC2)n1C.I. The second-order valence-corrected chi connectivity index (χ2v) is 7.69. The molecule has 3 N–H and O–H groups in total. The Bertz CT molecular complexity index is 1000. The summed E-state index contributed by atoms with van der Waals surface area (Å²) in [6.07, 6.45) is 7.66. The molecule has 9 heteroatoms. The Balaban J connectivity index is 0.00000256. The molecule has 2 heterocycles. The van der Waals surface area contributed by atoms with Crippen LogP contribution in [0.25, 0.3) is 10.9 Å². The topological polar surface area (TPSA) is 82.9 Å². The third-order valence-corrected chi connectivity index (χ3v) is 5.67. The molecule has 1 aromatic carbocycles. The molecular weight excluding hydrogens is 496 g/mol. The molecule has 3 aromatic rings. The van der Waals surface area contributed by atoms with E-state index in [-0.39, 0.29) is 29.8 Å². The number of guanidine groups is 1. The second kappa shape index (κ2) is 10.2. The Morgan fingerprint density at radius 3 is 2.83 bits per heavy atom. The summed E-state index contributed by atoms with van der Waals surface area (Å²) < 4.78 is 15.3. The average Bonchev–Trinajstić information content (AvgIpc) is 3.43. The third-order valence-electron chi connectivity index (χ3n) is 5.67. The van der Waals surface area contributed by atoms with E-state index in [1.165, 1.54) is 37.8 Å². The van der Waals surface area contributed by atoms with Crippen LogP contribution >= 0.6 is 24.0 Å². The van der Waals surface area contributed by atoms with Crippen LogP contribution in [0.1, 0.15) is 42.9 Å². The van der Waals surface area contributed by atoms with Crippen LogP contribution in [0.2, 0.25) is 0 Å². The van der Waals surface area contributed by atoms with Crippen molar-refractivity contribution >= 4 is 40.8 Å². The molecule has 0 aliphatic heterocycles. The van der Waals surface area contributed by atoms with Crippen molar-refractivity contribution in [2.75, 3.05) is 6.54 Å². The zero-order valence-electron chi connectivity index (χ0n) is 17.4. The summed E-state index contributed by atoms with van der Waals surface area (Å²) >= 11 is 0. The first-order valence-electron chi connectivity index (χ1n) is 10.3.